The molecule has 0 amide bonds. The van der Waals surface area contributed by atoms with Gasteiger partial charge in [0.25, 0.3) is 0 Å². The van der Waals surface area contributed by atoms with Crippen LogP contribution in [0.25, 0.3) is 0 Å². The van der Waals surface area contributed by atoms with Crippen molar-refractivity contribution in [1.29, 1.82) is 0 Å². The fourth-order valence-corrected chi connectivity index (χ4v) is 2.01. The SMILES string of the molecule is COC(=O)CSCc1nc(NN)ccc1Cl. The Hall–Kier alpha value is -0.980. The maximum absolute atomic E-state index is 10.9. The number of nitrogens with two attached hydrogens (primary N) is 1. The average Bonchev–Trinajstić information content (AvgIpc) is 2.31. The number of esters is 1. The van der Waals surface area contributed by atoms with Gasteiger partial charge in [-0.05, 0) is 12.1 Å². The molecular weight excluding hydrogens is 250 g/mol. The maximum Gasteiger partial charge on any atom is 0.315 e. The molecule has 5 nitrogen and oxygen atoms in total. The summed E-state index contributed by atoms with van der Waals surface area (Å²) in [6, 6.07) is 3.38. The molecule has 1 aromatic rings. The first kappa shape index (κ1) is 13.1. The molecule has 0 unspecified atom stereocenters. The molecule has 3 N–H and O–H groups in total. The second-order valence-electron chi connectivity index (χ2n) is 2.84. The fourth-order valence-electron chi connectivity index (χ4n) is 0.956. The van der Waals surface area contributed by atoms with Gasteiger partial charge in [0.2, 0.25) is 0 Å². The van der Waals surface area contributed by atoms with Crippen LogP contribution >= 0.6 is 23.4 Å². The number of anilines is 1. The second-order valence-corrected chi connectivity index (χ2v) is 4.23. The number of thioether (sulfide) groups is 1. The minimum Gasteiger partial charge on any atom is -0.468 e. The van der Waals surface area contributed by atoms with Crippen LogP contribution in [0.1, 0.15) is 5.69 Å². The van der Waals surface area contributed by atoms with E-state index in [1.807, 2.05) is 0 Å². The third-order valence-electron chi connectivity index (χ3n) is 1.75. The quantitative estimate of drug-likeness (QED) is 0.474. The van der Waals surface area contributed by atoms with Crippen molar-refractivity contribution in [1.82, 2.24) is 4.98 Å². The number of ether oxygens (including phenoxy) is 1. The van der Waals surface area contributed by atoms with Gasteiger partial charge in [-0.3, -0.25) is 4.79 Å². The topological polar surface area (TPSA) is 77.2 Å². The summed E-state index contributed by atoms with van der Waals surface area (Å²) in [5, 5.41) is 0.552. The van der Waals surface area contributed by atoms with Crippen LogP contribution in [0.5, 0.6) is 0 Å². The molecular formula is C9H12ClN3O2S. The highest BCUT2D eigenvalue weighted by atomic mass is 35.5. The van der Waals surface area contributed by atoms with Gasteiger partial charge in [-0.2, -0.15) is 0 Å². The third kappa shape index (κ3) is 3.88. The van der Waals surface area contributed by atoms with Crippen LogP contribution < -0.4 is 11.3 Å². The lowest BCUT2D eigenvalue weighted by Crippen LogP contribution is -2.09. The molecule has 88 valence electrons. The largest absolute Gasteiger partial charge is 0.468 e. The maximum atomic E-state index is 10.9. The van der Waals surface area contributed by atoms with Gasteiger partial charge in [0.1, 0.15) is 5.82 Å². The molecule has 0 aliphatic carbocycles. The molecule has 1 rings (SSSR count). The molecule has 16 heavy (non-hydrogen) atoms. The molecule has 0 saturated heterocycles. The first-order valence-corrected chi connectivity index (χ1v) is 5.97. The standard InChI is InChI=1S/C9H12ClN3O2S/c1-15-9(14)5-16-4-7-6(10)2-3-8(12-7)13-11/h2-3H,4-5,11H2,1H3,(H,12,13). The lowest BCUT2D eigenvalue weighted by molar-refractivity contribution is -0.137. The number of carbonyl (C=O) groups excluding carboxylic acids is 1. The van der Waals surface area contributed by atoms with E-state index in [1.54, 1.807) is 12.1 Å². The van der Waals surface area contributed by atoms with E-state index in [-0.39, 0.29) is 11.7 Å². The molecule has 0 radical (unpaired) electrons. The van der Waals surface area contributed by atoms with Gasteiger partial charge >= 0.3 is 5.97 Å². The zero-order valence-corrected chi connectivity index (χ0v) is 10.3. The minimum atomic E-state index is -0.269. The summed E-state index contributed by atoms with van der Waals surface area (Å²) in [7, 11) is 1.35. The smallest absolute Gasteiger partial charge is 0.315 e. The fraction of sp³-hybridized carbons (Fsp3) is 0.333. The lowest BCUT2D eigenvalue weighted by atomic mass is 10.4. The van der Waals surface area contributed by atoms with Gasteiger partial charge in [-0.25, -0.2) is 10.8 Å². The summed E-state index contributed by atoms with van der Waals surface area (Å²) < 4.78 is 4.52. The van der Waals surface area contributed by atoms with Crippen molar-refractivity contribution >= 4 is 35.1 Å². The number of methoxy groups -OCH3 is 1. The number of halogens is 1. The van der Waals surface area contributed by atoms with Gasteiger partial charge in [0.15, 0.2) is 0 Å². The minimum absolute atomic E-state index is 0.269. The highest BCUT2D eigenvalue weighted by Gasteiger charge is 2.06. The molecule has 0 atom stereocenters. The monoisotopic (exact) mass is 261 g/mol. The van der Waals surface area contributed by atoms with Crippen LogP contribution in [0.4, 0.5) is 5.82 Å². The van der Waals surface area contributed by atoms with Crippen LogP contribution in [0, 0.1) is 0 Å². The Morgan fingerprint density at radius 3 is 3.06 bits per heavy atom. The van der Waals surface area contributed by atoms with E-state index in [2.05, 4.69) is 15.1 Å². The zero-order chi connectivity index (χ0) is 12.0. The summed E-state index contributed by atoms with van der Waals surface area (Å²) in [4.78, 5) is 15.1. The van der Waals surface area contributed by atoms with Gasteiger partial charge in [0.05, 0.1) is 23.6 Å². The summed E-state index contributed by atoms with van der Waals surface area (Å²) >= 11 is 7.32. The Labute approximate surface area is 103 Å². The molecule has 0 aliphatic heterocycles. The summed E-state index contributed by atoms with van der Waals surface area (Å²) in [5.74, 6) is 6.31. The highest BCUT2D eigenvalue weighted by molar-refractivity contribution is 7.99. The third-order valence-corrected chi connectivity index (χ3v) is 3.01. The molecule has 1 heterocycles. The summed E-state index contributed by atoms with van der Waals surface area (Å²) in [5.41, 5.74) is 3.12. The number of nitrogens with zero attached hydrogens (tertiary/aromatic N) is 1. The van der Waals surface area contributed by atoms with Crippen LogP contribution in [0.15, 0.2) is 12.1 Å². The second kappa shape index (κ2) is 6.57. The predicted molar refractivity (Wildman–Crippen MR) is 65.2 cm³/mol. The molecule has 0 aromatic carbocycles. The molecule has 0 fully saturated rings. The van der Waals surface area contributed by atoms with E-state index in [4.69, 9.17) is 17.4 Å². The Kier molecular flexibility index (Phi) is 5.37. The Morgan fingerprint density at radius 1 is 1.69 bits per heavy atom. The number of rotatable bonds is 5. The van der Waals surface area contributed by atoms with Gasteiger partial charge in [-0.15, -0.1) is 11.8 Å². The lowest BCUT2D eigenvalue weighted by Gasteiger charge is -2.05. The number of hydrogen-bond donors (Lipinski definition) is 2. The molecule has 0 spiro atoms. The highest BCUT2D eigenvalue weighted by Crippen LogP contribution is 2.21. The van der Waals surface area contributed by atoms with Crippen LogP contribution in [-0.2, 0) is 15.3 Å². The van der Waals surface area contributed by atoms with Crippen molar-refractivity contribution in [3.8, 4) is 0 Å². The zero-order valence-electron chi connectivity index (χ0n) is 8.70. The van der Waals surface area contributed by atoms with Crippen molar-refractivity contribution < 1.29 is 9.53 Å². The van der Waals surface area contributed by atoms with Crippen molar-refractivity contribution in [2.75, 3.05) is 18.3 Å². The van der Waals surface area contributed by atoms with Gasteiger partial charge in [0, 0.05) is 5.75 Å². The van der Waals surface area contributed by atoms with E-state index < -0.39 is 0 Å². The number of nitrogen functional groups attached to an aromatic ring is 1. The first-order chi connectivity index (χ1) is 7.67. The number of nitrogens with one attached hydrogen (secondary N) is 1. The molecule has 1 aromatic heterocycles. The van der Waals surface area contributed by atoms with E-state index in [0.717, 1.165) is 0 Å². The number of aromatic nitrogens is 1. The van der Waals surface area contributed by atoms with Crippen molar-refractivity contribution in [2.45, 2.75) is 5.75 Å². The van der Waals surface area contributed by atoms with Gasteiger partial charge < -0.3 is 10.2 Å². The average molecular weight is 262 g/mol. The van der Waals surface area contributed by atoms with E-state index in [0.29, 0.717) is 22.3 Å². The van der Waals surface area contributed by atoms with E-state index in [1.165, 1.54) is 18.9 Å². The normalized spacial score (nSPS) is 9.94. The molecule has 0 aliphatic rings. The summed E-state index contributed by atoms with van der Waals surface area (Å²) in [6.45, 7) is 0. The molecule has 7 heteroatoms. The van der Waals surface area contributed by atoms with Gasteiger partial charge in [-0.1, -0.05) is 11.6 Å². The van der Waals surface area contributed by atoms with E-state index >= 15 is 0 Å². The van der Waals surface area contributed by atoms with Crippen LogP contribution in [0.2, 0.25) is 5.02 Å². The Bertz CT molecular complexity index is 376. The van der Waals surface area contributed by atoms with Crippen LogP contribution in [-0.4, -0.2) is 23.8 Å². The van der Waals surface area contributed by atoms with Crippen LogP contribution in [0.3, 0.4) is 0 Å². The number of carbonyl (C=O) groups is 1. The Morgan fingerprint density at radius 2 is 2.44 bits per heavy atom. The summed E-state index contributed by atoms with van der Waals surface area (Å²) in [6.07, 6.45) is 0. The van der Waals surface area contributed by atoms with Crippen molar-refractivity contribution in [3.63, 3.8) is 0 Å². The van der Waals surface area contributed by atoms with E-state index in [9.17, 15) is 4.79 Å². The molecule has 0 bridgehead atoms. The van der Waals surface area contributed by atoms with Crippen molar-refractivity contribution in [3.05, 3.63) is 22.8 Å². The first-order valence-electron chi connectivity index (χ1n) is 4.44. The number of pyridine rings is 1. The number of hydrazine groups is 1. The van der Waals surface area contributed by atoms with Crippen molar-refractivity contribution in [2.24, 2.45) is 5.84 Å². The Balaban J connectivity index is 2.55. The molecule has 0 saturated carbocycles. The number of hydrogen-bond acceptors (Lipinski definition) is 6. The predicted octanol–water partition coefficient (Wildman–Crippen LogP) is 1.43.